The molecule has 0 radical (unpaired) electrons. The molecule has 0 aromatic heterocycles. The number of aliphatic hydroxyl groups is 1. The van der Waals surface area contributed by atoms with Crippen molar-refractivity contribution in [3.63, 3.8) is 0 Å². The number of hydrogen-bond donors (Lipinski definition) is 3. The maximum absolute atomic E-state index is 10.1. The molecule has 0 aromatic rings. The van der Waals surface area contributed by atoms with Gasteiger partial charge in [-0.25, -0.2) is 0 Å². The highest BCUT2D eigenvalue weighted by atomic mass is 127. The van der Waals surface area contributed by atoms with E-state index in [9.17, 15) is 5.11 Å². The molecule has 0 heterocycles. The summed E-state index contributed by atoms with van der Waals surface area (Å²) >= 11 is 0. The highest BCUT2D eigenvalue weighted by Crippen LogP contribution is 2.36. The lowest BCUT2D eigenvalue weighted by atomic mass is 9.73. The van der Waals surface area contributed by atoms with Crippen molar-refractivity contribution in [1.82, 2.24) is 5.32 Å². The second-order valence-corrected chi connectivity index (χ2v) is 6.60. The molecule has 5 heteroatoms. The molecule has 2 aliphatic carbocycles. The largest absolute Gasteiger partial charge is 0.392 e. The van der Waals surface area contributed by atoms with E-state index < -0.39 is 0 Å². The minimum Gasteiger partial charge on any atom is -0.392 e. The molecular formula is C15H30IN3O. The third-order valence-corrected chi connectivity index (χ3v) is 4.85. The standard InChI is InChI=1S/C15H29N3O.HI/c1-15(10-6-5-9-13(15)19)11-17-14(16)18-12-7-3-2-4-8-12;/h12-13,19H,2-11H2,1H3,(H3,16,17,18);1H. The van der Waals surface area contributed by atoms with Crippen molar-refractivity contribution >= 4 is 29.9 Å². The third kappa shape index (κ3) is 5.06. The summed E-state index contributed by atoms with van der Waals surface area (Å²) in [7, 11) is 0. The van der Waals surface area contributed by atoms with E-state index in [-0.39, 0.29) is 35.5 Å². The summed E-state index contributed by atoms with van der Waals surface area (Å²) in [5.41, 5.74) is 5.90. The van der Waals surface area contributed by atoms with Gasteiger partial charge in [0.25, 0.3) is 0 Å². The Morgan fingerprint density at radius 1 is 1.20 bits per heavy atom. The van der Waals surface area contributed by atoms with Crippen molar-refractivity contribution in [2.75, 3.05) is 6.54 Å². The maximum atomic E-state index is 10.1. The van der Waals surface area contributed by atoms with Crippen LogP contribution in [0, 0.1) is 5.41 Å². The minimum atomic E-state index is -0.229. The molecule has 118 valence electrons. The number of hydrogen-bond acceptors (Lipinski definition) is 2. The number of nitrogens with one attached hydrogen (secondary N) is 1. The summed E-state index contributed by atoms with van der Waals surface area (Å²) in [6.45, 7) is 2.77. The maximum Gasteiger partial charge on any atom is 0.188 e. The molecule has 2 rings (SSSR count). The fourth-order valence-corrected chi connectivity index (χ4v) is 3.33. The van der Waals surface area contributed by atoms with Crippen molar-refractivity contribution < 1.29 is 5.11 Å². The van der Waals surface area contributed by atoms with Crippen LogP contribution in [0.4, 0.5) is 0 Å². The van der Waals surface area contributed by atoms with E-state index in [2.05, 4.69) is 17.2 Å². The fourth-order valence-electron chi connectivity index (χ4n) is 3.33. The van der Waals surface area contributed by atoms with Gasteiger partial charge in [-0.3, -0.25) is 4.99 Å². The first-order valence-electron chi connectivity index (χ1n) is 7.85. The monoisotopic (exact) mass is 395 g/mol. The molecule has 4 N–H and O–H groups in total. The number of nitrogens with zero attached hydrogens (tertiary/aromatic N) is 1. The second kappa shape index (κ2) is 8.41. The van der Waals surface area contributed by atoms with E-state index in [4.69, 9.17) is 5.73 Å². The Balaban J connectivity index is 0.00000200. The van der Waals surface area contributed by atoms with Crippen LogP contribution < -0.4 is 11.1 Å². The molecule has 0 bridgehead atoms. The highest BCUT2D eigenvalue weighted by Gasteiger charge is 2.35. The van der Waals surface area contributed by atoms with Gasteiger partial charge in [0, 0.05) is 11.5 Å². The zero-order valence-electron chi connectivity index (χ0n) is 12.6. The van der Waals surface area contributed by atoms with E-state index in [1.165, 1.54) is 38.5 Å². The van der Waals surface area contributed by atoms with Crippen molar-refractivity contribution in [3.05, 3.63) is 0 Å². The van der Waals surface area contributed by atoms with Gasteiger partial charge in [-0.05, 0) is 25.7 Å². The van der Waals surface area contributed by atoms with Gasteiger partial charge in [0.05, 0.1) is 12.6 Å². The van der Waals surface area contributed by atoms with E-state index in [1.54, 1.807) is 0 Å². The molecule has 4 nitrogen and oxygen atoms in total. The molecule has 2 saturated carbocycles. The molecule has 20 heavy (non-hydrogen) atoms. The normalized spacial score (nSPS) is 32.5. The molecule has 2 atom stereocenters. The average molecular weight is 395 g/mol. The molecule has 0 aliphatic heterocycles. The van der Waals surface area contributed by atoms with Gasteiger partial charge in [-0.2, -0.15) is 0 Å². The molecule has 0 spiro atoms. The number of guanidine groups is 1. The molecule has 0 amide bonds. The van der Waals surface area contributed by atoms with E-state index in [0.29, 0.717) is 18.5 Å². The Hall–Kier alpha value is -0.0400. The molecule has 0 saturated heterocycles. The molecule has 2 fully saturated rings. The molecule has 0 aromatic carbocycles. The number of rotatable bonds is 3. The second-order valence-electron chi connectivity index (χ2n) is 6.60. The van der Waals surface area contributed by atoms with Gasteiger partial charge >= 0.3 is 0 Å². The van der Waals surface area contributed by atoms with Crippen LogP contribution in [0.15, 0.2) is 4.99 Å². The summed E-state index contributed by atoms with van der Waals surface area (Å²) in [6.07, 6.45) is 10.4. The predicted molar refractivity (Wildman–Crippen MR) is 94.5 cm³/mol. The first kappa shape index (κ1) is 18.0. The lowest BCUT2D eigenvalue weighted by molar-refractivity contribution is 0.00718. The van der Waals surface area contributed by atoms with Crippen molar-refractivity contribution in [3.8, 4) is 0 Å². The summed E-state index contributed by atoms with van der Waals surface area (Å²) < 4.78 is 0. The van der Waals surface area contributed by atoms with Gasteiger partial charge in [0.2, 0.25) is 0 Å². The number of halogens is 1. The molecule has 2 aliphatic rings. The Labute approximate surface area is 140 Å². The number of nitrogens with two attached hydrogens (primary N) is 1. The Kier molecular flexibility index (Phi) is 7.58. The smallest absolute Gasteiger partial charge is 0.188 e. The fraction of sp³-hybridized carbons (Fsp3) is 0.933. The van der Waals surface area contributed by atoms with Gasteiger partial charge in [0.15, 0.2) is 5.96 Å². The van der Waals surface area contributed by atoms with Gasteiger partial charge in [0.1, 0.15) is 0 Å². The van der Waals surface area contributed by atoms with E-state index >= 15 is 0 Å². The lowest BCUT2D eigenvalue weighted by Gasteiger charge is -2.37. The summed E-state index contributed by atoms with van der Waals surface area (Å²) in [5, 5.41) is 13.5. The van der Waals surface area contributed by atoms with Crippen LogP contribution >= 0.6 is 24.0 Å². The SMILES string of the molecule is CC1(CN=C(N)NC2CCCCC2)CCCCC1O.I. The van der Waals surface area contributed by atoms with Gasteiger partial charge < -0.3 is 16.2 Å². The quantitative estimate of drug-likeness (QED) is 0.391. The first-order chi connectivity index (χ1) is 9.10. The van der Waals surface area contributed by atoms with Crippen LogP contribution in [-0.2, 0) is 0 Å². The number of aliphatic hydroxyl groups excluding tert-OH is 1. The highest BCUT2D eigenvalue weighted by molar-refractivity contribution is 14.0. The van der Waals surface area contributed by atoms with E-state index in [0.717, 1.165) is 19.3 Å². The third-order valence-electron chi connectivity index (χ3n) is 4.85. The predicted octanol–water partition coefficient (Wildman–Crippen LogP) is 2.78. The Morgan fingerprint density at radius 2 is 1.85 bits per heavy atom. The van der Waals surface area contributed by atoms with Crippen LogP contribution in [0.25, 0.3) is 0 Å². The van der Waals surface area contributed by atoms with Gasteiger partial charge in [-0.1, -0.05) is 39.0 Å². The topological polar surface area (TPSA) is 70.6 Å². The summed E-state index contributed by atoms with van der Waals surface area (Å²) in [5.74, 6) is 0.561. The molecule has 2 unspecified atom stereocenters. The minimum absolute atomic E-state index is 0. The van der Waals surface area contributed by atoms with Crippen LogP contribution in [0.5, 0.6) is 0 Å². The lowest BCUT2D eigenvalue weighted by Crippen LogP contribution is -2.43. The van der Waals surface area contributed by atoms with Crippen LogP contribution in [0.1, 0.15) is 64.7 Å². The summed E-state index contributed by atoms with van der Waals surface area (Å²) in [4.78, 5) is 4.49. The van der Waals surface area contributed by atoms with Crippen molar-refractivity contribution in [2.45, 2.75) is 76.9 Å². The Morgan fingerprint density at radius 3 is 2.50 bits per heavy atom. The average Bonchev–Trinajstić information content (AvgIpc) is 2.41. The molecular weight excluding hydrogens is 365 g/mol. The van der Waals surface area contributed by atoms with Crippen LogP contribution in [0.3, 0.4) is 0 Å². The number of aliphatic imine (C=N–C) groups is 1. The van der Waals surface area contributed by atoms with Crippen molar-refractivity contribution in [2.24, 2.45) is 16.1 Å². The Bertz CT molecular complexity index is 318. The first-order valence-corrected chi connectivity index (χ1v) is 7.85. The van der Waals surface area contributed by atoms with Crippen molar-refractivity contribution in [1.29, 1.82) is 0 Å². The van der Waals surface area contributed by atoms with Crippen LogP contribution in [-0.4, -0.2) is 29.8 Å². The zero-order chi connectivity index (χ0) is 13.7. The summed E-state index contributed by atoms with van der Waals surface area (Å²) in [6, 6.07) is 0.501. The van der Waals surface area contributed by atoms with Gasteiger partial charge in [-0.15, -0.1) is 24.0 Å². The van der Waals surface area contributed by atoms with E-state index in [1.807, 2.05) is 0 Å². The zero-order valence-corrected chi connectivity index (χ0v) is 14.9. The van der Waals surface area contributed by atoms with Crippen LogP contribution in [0.2, 0.25) is 0 Å².